The number of methoxy groups -OCH3 is 2. The Morgan fingerprint density at radius 2 is 1.70 bits per heavy atom. The van der Waals surface area contributed by atoms with Gasteiger partial charge < -0.3 is 30.7 Å². The van der Waals surface area contributed by atoms with Gasteiger partial charge in [-0.15, -0.1) is 0 Å². The van der Waals surface area contributed by atoms with Crippen molar-refractivity contribution in [3.8, 4) is 11.5 Å². The molecule has 0 spiro atoms. The third kappa shape index (κ3) is 5.66. The monoisotopic (exact) mass is 502 g/mol. The van der Waals surface area contributed by atoms with Gasteiger partial charge in [0.05, 0.1) is 20.3 Å². The Balaban J connectivity index is 1.42. The quantitative estimate of drug-likeness (QED) is 0.452. The number of rotatable bonds is 7. The Morgan fingerprint density at radius 1 is 0.946 bits per heavy atom. The number of carbonyl (C=O) groups excluding carboxylic acids is 3. The molecular weight excluding hydrogens is 472 g/mol. The van der Waals surface area contributed by atoms with Crippen molar-refractivity contribution in [1.82, 2.24) is 10.2 Å². The maximum atomic E-state index is 13.0. The van der Waals surface area contributed by atoms with Crippen LogP contribution in [0.1, 0.15) is 50.4 Å². The number of nitrogens with zero attached hydrogens (tertiary/aromatic N) is 1. The summed E-state index contributed by atoms with van der Waals surface area (Å²) in [6.07, 6.45) is 0.716. The lowest BCUT2D eigenvalue weighted by atomic mass is 9.93. The van der Waals surface area contributed by atoms with Crippen molar-refractivity contribution < 1.29 is 23.9 Å². The summed E-state index contributed by atoms with van der Waals surface area (Å²) in [6, 6.07) is 17.1. The number of hydrogen-bond acceptors (Lipinski definition) is 5. The number of anilines is 1. The number of carbonyl (C=O) groups is 3. The highest BCUT2D eigenvalue weighted by Crippen LogP contribution is 2.31. The second-order valence-electron chi connectivity index (χ2n) is 8.78. The molecule has 9 nitrogen and oxygen atoms in total. The van der Waals surface area contributed by atoms with E-state index in [9.17, 15) is 14.4 Å². The number of nitrogens with one attached hydrogen (secondary N) is 2. The lowest BCUT2D eigenvalue weighted by Gasteiger charge is -2.34. The Bertz CT molecular complexity index is 1340. The summed E-state index contributed by atoms with van der Waals surface area (Å²) in [5.41, 5.74) is 9.91. The van der Waals surface area contributed by atoms with E-state index in [2.05, 4.69) is 10.6 Å². The van der Waals surface area contributed by atoms with E-state index in [-0.39, 0.29) is 24.4 Å². The molecule has 0 saturated heterocycles. The molecular formula is C28H30N4O5. The minimum Gasteiger partial charge on any atom is -0.493 e. The fourth-order valence-corrected chi connectivity index (χ4v) is 4.48. The second-order valence-corrected chi connectivity index (χ2v) is 8.78. The topological polar surface area (TPSA) is 123 Å². The summed E-state index contributed by atoms with van der Waals surface area (Å²) in [5.74, 6) is 0.455. The first-order valence-corrected chi connectivity index (χ1v) is 11.9. The van der Waals surface area contributed by atoms with Crippen LogP contribution in [0, 0.1) is 0 Å². The van der Waals surface area contributed by atoms with Gasteiger partial charge in [-0.3, -0.25) is 9.59 Å². The van der Waals surface area contributed by atoms with Crippen molar-refractivity contribution in [2.75, 3.05) is 26.1 Å². The maximum absolute atomic E-state index is 13.0. The van der Waals surface area contributed by atoms with Gasteiger partial charge in [0.1, 0.15) is 0 Å². The zero-order valence-corrected chi connectivity index (χ0v) is 21.0. The molecule has 0 fully saturated rings. The summed E-state index contributed by atoms with van der Waals surface area (Å²) in [7, 11) is 3.04. The van der Waals surface area contributed by atoms with Crippen LogP contribution in [0.3, 0.4) is 0 Å². The van der Waals surface area contributed by atoms with E-state index >= 15 is 0 Å². The molecule has 3 aromatic carbocycles. The zero-order valence-electron chi connectivity index (χ0n) is 21.0. The molecule has 1 unspecified atom stereocenters. The van der Waals surface area contributed by atoms with Crippen LogP contribution in [0.5, 0.6) is 11.5 Å². The van der Waals surface area contributed by atoms with Crippen LogP contribution in [-0.2, 0) is 13.0 Å². The van der Waals surface area contributed by atoms with E-state index in [0.717, 1.165) is 16.7 Å². The van der Waals surface area contributed by atoms with E-state index in [4.69, 9.17) is 15.2 Å². The Hall–Kier alpha value is -4.53. The first-order chi connectivity index (χ1) is 17.8. The summed E-state index contributed by atoms with van der Waals surface area (Å²) in [6.45, 7) is 2.74. The molecule has 9 heteroatoms. The van der Waals surface area contributed by atoms with Gasteiger partial charge in [-0.1, -0.05) is 18.2 Å². The molecule has 3 aromatic rings. The highest BCUT2D eigenvalue weighted by molar-refractivity contribution is 6.04. The van der Waals surface area contributed by atoms with Crippen LogP contribution in [0.15, 0.2) is 60.7 Å². The van der Waals surface area contributed by atoms with Crippen molar-refractivity contribution in [2.45, 2.75) is 25.9 Å². The Kier molecular flexibility index (Phi) is 7.62. The number of ether oxygens (including phenoxy) is 2. The summed E-state index contributed by atoms with van der Waals surface area (Å²) >= 11 is 0. The van der Waals surface area contributed by atoms with Crippen molar-refractivity contribution in [1.29, 1.82) is 0 Å². The van der Waals surface area contributed by atoms with Crippen molar-refractivity contribution in [3.05, 3.63) is 88.5 Å². The maximum Gasteiger partial charge on any atom is 0.315 e. The van der Waals surface area contributed by atoms with Gasteiger partial charge in [-0.2, -0.15) is 0 Å². The molecule has 0 bridgehead atoms. The first-order valence-electron chi connectivity index (χ1n) is 11.9. The minimum atomic E-state index is -0.456. The van der Waals surface area contributed by atoms with Gasteiger partial charge in [0.2, 0.25) is 0 Å². The van der Waals surface area contributed by atoms with Gasteiger partial charge in [0.25, 0.3) is 11.8 Å². The van der Waals surface area contributed by atoms with E-state index < -0.39 is 6.03 Å². The molecule has 1 atom stereocenters. The summed E-state index contributed by atoms with van der Waals surface area (Å²) in [5, 5.41) is 5.79. The van der Waals surface area contributed by atoms with E-state index in [1.54, 1.807) is 41.3 Å². The smallest absolute Gasteiger partial charge is 0.315 e. The molecule has 0 aromatic heterocycles. The van der Waals surface area contributed by atoms with Crippen LogP contribution in [0.4, 0.5) is 10.5 Å². The molecule has 0 radical (unpaired) electrons. The van der Waals surface area contributed by atoms with Crippen LogP contribution in [-0.4, -0.2) is 43.5 Å². The molecule has 1 heterocycles. The molecule has 4 amide bonds. The zero-order chi connectivity index (χ0) is 26.5. The third-order valence-electron chi connectivity index (χ3n) is 6.51. The molecule has 1 aliphatic heterocycles. The fraction of sp³-hybridized carbons (Fsp3) is 0.250. The lowest BCUT2D eigenvalue weighted by molar-refractivity contribution is 0.0950. The van der Waals surface area contributed by atoms with Gasteiger partial charge >= 0.3 is 6.03 Å². The first kappa shape index (κ1) is 25.6. The fourth-order valence-electron chi connectivity index (χ4n) is 4.48. The predicted octanol–water partition coefficient (Wildman–Crippen LogP) is 3.88. The second kappa shape index (κ2) is 11.0. The highest BCUT2D eigenvalue weighted by Gasteiger charge is 2.26. The average molecular weight is 503 g/mol. The van der Waals surface area contributed by atoms with Crippen molar-refractivity contribution in [2.24, 2.45) is 5.73 Å². The van der Waals surface area contributed by atoms with Crippen LogP contribution >= 0.6 is 0 Å². The van der Waals surface area contributed by atoms with E-state index in [1.807, 2.05) is 31.2 Å². The molecule has 192 valence electrons. The van der Waals surface area contributed by atoms with Gasteiger partial charge in [-0.25, -0.2) is 4.79 Å². The minimum absolute atomic E-state index is 0.171. The number of benzene rings is 3. The van der Waals surface area contributed by atoms with Crippen LogP contribution in [0.25, 0.3) is 0 Å². The number of nitrogens with two attached hydrogens (primary N) is 1. The number of primary amides is 1. The van der Waals surface area contributed by atoms with E-state index in [0.29, 0.717) is 41.3 Å². The molecule has 37 heavy (non-hydrogen) atoms. The van der Waals surface area contributed by atoms with Crippen LogP contribution in [0.2, 0.25) is 0 Å². The SMILES string of the molecule is COc1ccc(C(=O)NCc2cccc(C(=O)Nc3ccc4c(c3)C(C)N(C(N)=O)CC4)c2)cc1OC. The standard InChI is InChI=1S/C28H30N4O5/c1-17-23-15-22(9-7-19(23)11-12-32(17)28(29)35)31-27(34)20-6-4-5-18(13-20)16-30-26(33)21-8-10-24(36-2)25(14-21)37-3/h4-10,13-15,17H,11-12,16H2,1-3H3,(H2,29,35)(H,30,33)(H,31,34). The van der Waals surface area contributed by atoms with E-state index in [1.165, 1.54) is 14.2 Å². The summed E-state index contributed by atoms with van der Waals surface area (Å²) < 4.78 is 10.5. The van der Waals surface area contributed by atoms with Gasteiger partial charge in [0.15, 0.2) is 11.5 Å². The highest BCUT2D eigenvalue weighted by atomic mass is 16.5. The Labute approximate surface area is 215 Å². The molecule has 1 aliphatic rings. The van der Waals surface area contributed by atoms with Gasteiger partial charge in [-0.05, 0) is 72.5 Å². The molecule has 4 N–H and O–H groups in total. The largest absolute Gasteiger partial charge is 0.493 e. The summed E-state index contributed by atoms with van der Waals surface area (Å²) in [4.78, 5) is 39.0. The van der Waals surface area contributed by atoms with Crippen molar-refractivity contribution >= 4 is 23.5 Å². The molecule has 0 saturated carbocycles. The lowest BCUT2D eigenvalue weighted by Crippen LogP contribution is -2.42. The van der Waals surface area contributed by atoms with Crippen LogP contribution < -0.4 is 25.8 Å². The molecule has 4 rings (SSSR count). The number of amides is 4. The average Bonchev–Trinajstić information content (AvgIpc) is 2.91. The normalized spacial score (nSPS) is 14.4. The number of urea groups is 1. The van der Waals surface area contributed by atoms with Crippen molar-refractivity contribution in [3.63, 3.8) is 0 Å². The Morgan fingerprint density at radius 3 is 2.43 bits per heavy atom. The number of fused-ring (bicyclic) bond motifs is 1. The van der Waals surface area contributed by atoms with Gasteiger partial charge in [0, 0.05) is 29.9 Å². The molecule has 0 aliphatic carbocycles. The number of hydrogen-bond donors (Lipinski definition) is 3. The predicted molar refractivity (Wildman–Crippen MR) is 140 cm³/mol. The third-order valence-corrected chi connectivity index (χ3v) is 6.51.